The van der Waals surface area contributed by atoms with Gasteiger partial charge in [-0.15, -0.1) is 0 Å². The van der Waals surface area contributed by atoms with Crippen molar-refractivity contribution < 1.29 is 18.5 Å². The number of nitrogens with zero attached hydrogens (tertiary/aromatic N) is 3. The van der Waals surface area contributed by atoms with E-state index < -0.39 is 23.3 Å². The van der Waals surface area contributed by atoms with E-state index in [0.29, 0.717) is 17.8 Å². The van der Waals surface area contributed by atoms with Crippen molar-refractivity contribution in [2.45, 2.75) is 32.4 Å². The first kappa shape index (κ1) is 18.8. The molecule has 1 saturated heterocycles. The molecule has 1 atom stereocenters. The van der Waals surface area contributed by atoms with Gasteiger partial charge in [-0.1, -0.05) is 48.0 Å². The molecule has 1 N–H and O–H groups in total. The van der Waals surface area contributed by atoms with Crippen molar-refractivity contribution in [2.24, 2.45) is 0 Å². The number of aromatic nitrogens is 2. The van der Waals surface area contributed by atoms with Crippen molar-refractivity contribution in [2.75, 3.05) is 0 Å². The number of rotatable bonds is 5. The number of carbonyl (C=O) groups is 2. The minimum atomic E-state index is -1.25. The van der Waals surface area contributed by atoms with Gasteiger partial charge in [-0.3, -0.25) is 9.69 Å². The number of urea groups is 1. The number of halogens is 1. The molecule has 1 aliphatic heterocycles. The number of carbonyl (C=O) groups excluding carboxylic acids is 2. The van der Waals surface area contributed by atoms with Crippen LogP contribution in [0.15, 0.2) is 53.1 Å². The van der Waals surface area contributed by atoms with Crippen LogP contribution in [0.1, 0.15) is 30.4 Å². The average Bonchev–Trinajstić information content (AvgIpc) is 3.28. The van der Waals surface area contributed by atoms with Crippen LogP contribution in [0.25, 0.3) is 11.4 Å². The molecule has 8 heteroatoms. The molecule has 3 amide bonds. The van der Waals surface area contributed by atoms with E-state index in [1.54, 1.807) is 6.92 Å². The second kappa shape index (κ2) is 7.12. The lowest BCUT2D eigenvalue weighted by Crippen LogP contribution is -2.43. The Morgan fingerprint density at radius 2 is 1.93 bits per heavy atom. The summed E-state index contributed by atoms with van der Waals surface area (Å²) in [6.45, 7) is 3.59. The zero-order valence-electron chi connectivity index (χ0n) is 16.0. The Hall–Kier alpha value is -3.55. The summed E-state index contributed by atoms with van der Waals surface area (Å²) in [6, 6.07) is 12.6. The smallest absolute Gasteiger partial charge is 0.325 e. The Bertz CT molecular complexity index is 1080. The van der Waals surface area contributed by atoms with Gasteiger partial charge in [-0.2, -0.15) is 4.98 Å². The van der Waals surface area contributed by atoms with Crippen LogP contribution in [-0.4, -0.2) is 27.0 Å². The highest BCUT2D eigenvalue weighted by atomic mass is 19.1. The average molecular weight is 394 g/mol. The maximum absolute atomic E-state index is 13.3. The number of hydrogen-bond acceptors (Lipinski definition) is 5. The van der Waals surface area contributed by atoms with E-state index in [1.807, 2.05) is 31.2 Å². The maximum Gasteiger partial charge on any atom is 0.325 e. The van der Waals surface area contributed by atoms with Gasteiger partial charge in [0.05, 0.1) is 0 Å². The van der Waals surface area contributed by atoms with E-state index in [0.717, 1.165) is 16.0 Å². The van der Waals surface area contributed by atoms with Crippen molar-refractivity contribution >= 4 is 11.9 Å². The van der Waals surface area contributed by atoms with Crippen LogP contribution >= 0.6 is 0 Å². The SMILES string of the molecule is CCC1(c2ccc(F)cc2)NC(=O)N(Cc2nc(-c3cccc(C)c3)no2)C1=O. The molecule has 29 heavy (non-hydrogen) atoms. The second-order valence-corrected chi connectivity index (χ2v) is 6.97. The third-order valence-electron chi connectivity index (χ3n) is 5.08. The molecule has 0 radical (unpaired) electrons. The first-order valence-electron chi connectivity index (χ1n) is 9.23. The van der Waals surface area contributed by atoms with Crippen LogP contribution in [-0.2, 0) is 16.9 Å². The van der Waals surface area contributed by atoms with E-state index in [-0.39, 0.29) is 12.4 Å². The molecule has 148 valence electrons. The molecule has 2 aromatic carbocycles. The fourth-order valence-electron chi connectivity index (χ4n) is 3.50. The molecular formula is C21H19FN4O3. The van der Waals surface area contributed by atoms with Crippen molar-refractivity contribution in [1.29, 1.82) is 0 Å². The van der Waals surface area contributed by atoms with Crippen LogP contribution < -0.4 is 5.32 Å². The first-order chi connectivity index (χ1) is 13.9. The molecule has 7 nitrogen and oxygen atoms in total. The van der Waals surface area contributed by atoms with Crippen molar-refractivity contribution in [3.8, 4) is 11.4 Å². The van der Waals surface area contributed by atoms with Crippen molar-refractivity contribution in [3.05, 3.63) is 71.4 Å². The monoisotopic (exact) mass is 394 g/mol. The number of aryl methyl sites for hydroxylation is 1. The van der Waals surface area contributed by atoms with E-state index in [2.05, 4.69) is 15.5 Å². The summed E-state index contributed by atoms with van der Waals surface area (Å²) in [4.78, 5) is 31.0. The van der Waals surface area contributed by atoms with Crippen LogP contribution in [0.3, 0.4) is 0 Å². The zero-order valence-corrected chi connectivity index (χ0v) is 16.0. The second-order valence-electron chi connectivity index (χ2n) is 6.97. The maximum atomic E-state index is 13.3. The molecule has 0 bridgehead atoms. The Balaban J connectivity index is 1.59. The summed E-state index contributed by atoms with van der Waals surface area (Å²) in [5.74, 6) is -0.317. The van der Waals surface area contributed by atoms with Crippen molar-refractivity contribution in [3.63, 3.8) is 0 Å². The first-order valence-corrected chi connectivity index (χ1v) is 9.23. The van der Waals surface area contributed by atoms with Crippen LogP contribution in [0.5, 0.6) is 0 Å². The van der Waals surface area contributed by atoms with Crippen LogP contribution in [0, 0.1) is 12.7 Å². The zero-order chi connectivity index (χ0) is 20.6. The Morgan fingerprint density at radius 1 is 1.17 bits per heavy atom. The third-order valence-corrected chi connectivity index (χ3v) is 5.08. The van der Waals surface area contributed by atoms with Gasteiger partial charge in [0.15, 0.2) is 0 Å². The van der Waals surface area contributed by atoms with E-state index >= 15 is 0 Å². The lowest BCUT2D eigenvalue weighted by Gasteiger charge is -2.25. The van der Waals surface area contributed by atoms with Gasteiger partial charge in [-0.05, 0) is 37.1 Å². The summed E-state index contributed by atoms with van der Waals surface area (Å²) in [6.07, 6.45) is 0.318. The van der Waals surface area contributed by atoms with Gasteiger partial charge in [0.2, 0.25) is 11.7 Å². The van der Waals surface area contributed by atoms with Crippen molar-refractivity contribution in [1.82, 2.24) is 20.4 Å². The number of nitrogens with one attached hydrogen (secondary N) is 1. The summed E-state index contributed by atoms with van der Waals surface area (Å²) in [7, 11) is 0. The fraction of sp³-hybridized carbons (Fsp3) is 0.238. The predicted molar refractivity (Wildman–Crippen MR) is 102 cm³/mol. The molecule has 1 aromatic heterocycles. The number of amides is 3. The van der Waals surface area contributed by atoms with Gasteiger partial charge < -0.3 is 9.84 Å². The highest BCUT2D eigenvalue weighted by Crippen LogP contribution is 2.33. The summed E-state index contributed by atoms with van der Waals surface area (Å²) in [5.41, 5.74) is 1.11. The Labute approximate surface area is 166 Å². The summed E-state index contributed by atoms with van der Waals surface area (Å²) < 4.78 is 18.6. The molecule has 2 heterocycles. The lowest BCUT2D eigenvalue weighted by molar-refractivity contribution is -0.132. The third kappa shape index (κ3) is 3.26. The highest BCUT2D eigenvalue weighted by Gasteiger charge is 2.51. The normalized spacial score (nSPS) is 18.9. The molecule has 0 spiro atoms. The summed E-state index contributed by atoms with van der Waals surface area (Å²) >= 11 is 0. The quantitative estimate of drug-likeness (QED) is 0.669. The Kier molecular flexibility index (Phi) is 4.62. The lowest BCUT2D eigenvalue weighted by atomic mass is 9.87. The van der Waals surface area contributed by atoms with Gasteiger partial charge in [0.1, 0.15) is 17.9 Å². The minimum Gasteiger partial charge on any atom is -0.337 e. The van der Waals surface area contributed by atoms with E-state index in [9.17, 15) is 14.0 Å². The number of imide groups is 1. The predicted octanol–water partition coefficient (Wildman–Crippen LogP) is 3.54. The van der Waals surface area contributed by atoms with Crippen LogP contribution in [0.4, 0.5) is 9.18 Å². The largest absolute Gasteiger partial charge is 0.337 e. The van der Waals surface area contributed by atoms with Gasteiger partial charge in [0, 0.05) is 5.56 Å². The van der Waals surface area contributed by atoms with Gasteiger partial charge in [-0.25, -0.2) is 9.18 Å². The topological polar surface area (TPSA) is 88.3 Å². The Morgan fingerprint density at radius 3 is 2.62 bits per heavy atom. The van der Waals surface area contributed by atoms with E-state index in [1.165, 1.54) is 24.3 Å². The standard InChI is InChI=1S/C21H19FN4O3/c1-3-21(15-7-9-16(22)10-8-15)19(27)26(20(28)24-21)12-17-23-18(25-29-17)14-6-4-5-13(2)11-14/h4-11H,3,12H2,1-2H3,(H,24,28). The molecule has 4 rings (SSSR count). The highest BCUT2D eigenvalue weighted by molar-refractivity contribution is 6.07. The van der Waals surface area contributed by atoms with Gasteiger partial charge >= 0.3 is 6.03 Å². The molecule has 1 aliphatic rings. The summed E-state index contributed by atoms with van der Waals surface area (Å²) in [5, 5.41) is 6.69. The number of hydrogen-bond donors (Lipinski definition) is 1. The molecule has 0 aliphatic carbocycles. The van der Waals surface area contributed by atoms with E-state index in [4.69, 9.17) is 4.52 Å². The molecular weight excluding hydrogens is 375 g/mol. The minimum absolute atomic E-state index is 0.146. The molecule has 1 fully saturated rings. The molecule has 1 unspecified atom stereocenters. The van der Waals surface area contributed by atoms with Gasteiger partial charge in [0.25, 0.3) is 5.91 Å². The molecule has 0 saturated carbocycles. The fourth-order valence-corrected chi connectivity index (χ4v) is 3.50. The molecule has 3 aromatic rings. The van der Waals surface area contributed by atoms with Crippen LogP contribution in [0.2, 0.25) is 0 Å². The number of benzene rings is 2.